The predicted octanol–water partition coefficient (Wildman–Crippen LogP) is 1.88. The molecule has 0 radical (unpaired) electrons. The number of aromatic hydroxyl groups is 2. The lowest BCUT2D eigenvalue weighted by Crippen LogP contribution is -2.08. The minimum absolute atomic E-state index is 0.255. The van der Waals surface area contributed by atoms with Crippen LogP contribution in [0.1, 0.15) is 10.4 Å². The van der Waals surface area contributed by atoms with Crippen LogP contribution in [0.5, 0.6) is 17.5 Å². The first-order chi connectivity index (χ1) is 9.49. The number of nitrogens with zero attached hydrogens (tertiary/aromatic N) is 1. The van der Waals surface area contributed by atoms with E-state index in [1.807, 2.05) is 0 Å². The molecule has 0 saturated carbocycles. The molecule has 0 aliphatic rings. The van der Waals surface area contributed by atoms with E-state index in [0.717, 1.165) is 10.6 Å². The maximum absolute atomic E-state index is 11.8. The van der Waals surface area contributed by atoms with Gasteiger partial charge in [-0.15, -0.1) is 0 Å². The molecule has 1 heterocycles. The zero-order chi connectivity index (χ0) is 14.7. The third-order valence-electron chi connectivity index (χ3n) is 2.51. The minimum Gasteiger partial charge on any atom is -0.494 e. The summed E-state index contributed by atoms with van der Waals surface area (Å²) in [5, 5.41) is 18.5. The highest BCUT2D eigenvalue weighted by Gasteiger charge is 2.19. The number of halogens is 1. The van der Waals surface area contributed by atoms with Crippen molar-refractivity contribution in [2.24, 2.45) is 0 Å². The molecule has 6 nitrogen and oxygen atoms in total. The topological polar surface area (TPSA) is 88.8 Å². The summed E-state index contributed by atoms with van der Waals surface area (Å²) in [5.41, 5.74) is 0.285. The molecule has 7 heteroatoms. The van der Waals surface area contributed by atoms with Crippen LogP contribution in [0.4, 0.5) is 0 Å². The van der Waals surface area contributed by atoms with Gasteiger partial charge >= 0.3 is 5.97 Å². The van der Waals surface area contributed by atoms with Gasteiger partial charge in [0.15, 0.2) is 11.6 Å². The number of benzene rings is 1. The molecule has 0 unspecified atom stereocenters. The number of hydrogen-bond donors (Lipinski definition) is 2. The summed E-state index contributed by atoms with van der Waals surface area (Å²) in [6, 6.07) is 9.16. The Morgan fingerprint density at radius 1 is 1.20 bits per heavy atom. The lowest BCUT2D eigenvalue weighted by molar-refractivity contribution is -0.112. The SMILES string of the molecule is O=C(Cl)Cn1c(O)cc(OC(=O)c2ccccc2)c1O. The van der Waals surface area contributed by atoms with Gasteiger partial charge in [0, 0.05) is 6.07 Å². The molecule has 0 aliphatic heterocycles. The molecule has 1 aromatic carbocycles. The molecule has 20 heavy (non-hydrogen) atoms. The third kappa shape index (κ3) is 2.92. The molecule has 0 bridgehead atoms. The van der Waals surface area contributed by atoms with E-state index in [9.17, 15) is 19.8 Å². The van der Waals surface area contributed by atoms with Crippen molar-refractivity contribution >= 4 is 22.8 Å². The van der Waals surface area contributed by atoms with Crippen molar-refractivity contribution in [2.45, 2.75) is 6.54 Å². The fraction of sp³-hybridized carbons (Fsp3) is 0.0769. The maximum Gasteiger partial charge on any atom is 0.343 e. The molecule has 0 fully saturated rings. The highest BCUT2D eigenvalue weighted by Crippen LogP contribution is 2.34. The smallest absolute Gasteiger partial charge is 0.343 e. The molecule has 0 spiro atoms. The Balaban J connectivity index is 2.22. The number of hydrogen-bond acceptors (Lipinski definition) is 5. The van der Waals surface area contributed by atoms with Crippen LogP contribution in [0.2, 0.25) is 0 Å². The van der Waals surface area contributed by atoms with Crippen molar-refractivity contribution in [1.29, 1.82) is 0 Å². The average molecular weight is 296 g/mol. The Morgan fingerprint density at radius 2 is 1.85 bits per heavy atom. The highest BCUT2D eigenvalue weighted by molar-refractivity contribution is 6.63. The van der Waals surface area contributed by atoms with Gasteiger partial charge in [-0.2, -0.15) is 0 Å². The first-order valence-corrected chi connectivity index (χ1v) is 5.94. The monoisotopic (exact) mass is 295 g/mol. The molecule has 2 N–H and O–H groups in total. The second-order valence-corrected chi connectivity index (χ2v) is 4.31. The van der Waals surface area contributed by atoms with Crippen LogP contribution in [0, 0.1) is 0 Å². The second-order valence-electron chi connectivity index (χ2n) is 3.89. The van der Waals surface area contributed by atoms with E-state index in [2.05, 4.69) is 0 Å². The summed E-state index contributed by atoms with van der Waals surface area (Å²) >= 11 is 5.18. The van der Waals surface area contributed by atoms with E-state index in [4.69, 9.17) is 16.3 Å². The first kappa shape index (κ1) is 14.0. The predicted molar refractivity (Wildman–Crippen MR) is 70.0 cm³/mol. The Bertz CT molecular complexity index is 650. The zero-order valence-corrected chi connectivity index (χ0v) is 10.9. The molecule has 2 rings (SSSR count). The molecule has 0 aliphatic carbocycles. The van der Waals surface area contributed by atoms with Crippen molar-refractivity contribution in [3.8, 4) is 17.5 Å². The molecule has 1 aromatic heterocycles. The van der Waals surface area contributed by atoms with E-state index < -0.39 is 29.5 Å². The molecule has 0 amide bonds. The van der Waals surface area contributed by atoms with Gasteiger partial charge in [-0.1, -0.05) is 18.2 Å². The number of aromatic nitrogens is 1. The van der Waals surface area contributed by atoms with Gasteiger partial charge in [-0.3, -0.25) is 9.36 Å². The van der Waals surface area contributed by atoms with E-state index in [1.54, 1.807) is 30.3 Å². The average Bonchev–Trinajstić information content (AvgIpc) is 2.67. The zero-order valence-electron chi connectivity index (χ0n) is 10.1. The Morgan fingerprint density at radius 3 is 2.45 bits per heavy atom. The highest BCUT2D eigenvalue weighted by atomic mass is 35.5. The van der Waals surface area contributed by atoms with Gasteiger partial charge in [0.2, 0.25) is 11.1 Å². The summed E-state index contributed by atoms with van der Waals surface area (Å²) in [6.45, 7) is -0.442. The standard InChI is InChI=1S/C13H10ClNO5/c14-10(16)7-15-11(17)6-9(12(15)18)20-13(19)8-4-2-1-3-5-8/h1-6,17-18H,7H2. The van der Waals surface area contributed by atoms with Crippen molar-refractivity contribution < 1.29 is 24.5 Å². The fourth-order valence-electron chi connectivity index (χ4n) is 1.59. The Hall–Kier alpha value is -2.47. The van der Waals surface area contributed by atoms with Crippen LogP contribution in [0.15, 0.2) is 36.4 Å². The number of rotatable bonds is 4. The summed E-state index contributed by atoms with van der Waals surface area (Å²) < 4.78 is 5.77. The molecular weight excluding hydrogens is 286 g/mol. The van der Waals surface area contributed by atoms with E-state index in [1.165, 1.54) is 0 Å². The van der Waals surface area contributed by atoms with Gasteiger partial charge in [0.1, 0.15) is 6.54 Å². The van der Waals surface area contributed by atoms with Crippen molar-refractivity contribution in [3.05, 3.63) is 42.0 Å². The van der Waals surface area contributed by atoms with Gasteiger partial charge in [0.25, 0.3) is 0 Å². The summed E-state index contributed by atoms with van der Waals surface area (Å²) in [7, 11) is 0. The van der Waals surface area contributed by atoms with Crippen LogP contribution in [0.25, 0.3) is 0 Å². The number of carbonyl (C=O) groups is 2. The molecule has 0 saturated heterocycles. The summed E-state index contributed by atoms with van der Waals surface area (Å²) in [4.78, 5) is 22.6. The fourth-order valence-corrected chi connectivity index (χ4v) is 1.71. The summed E-state index contributed by atoms with van der Waals surface area (Å²) in [5.74, 6) is -1.95. The lowest BCUT2D eigenvalue weighted by Gasteiger charge is -2.04. The number of carbonyl (C=O) groups excluding carboxylic acids is 2. The van der Waals surface area contributed by atoms with Crippen molar-refractivity contribution in [1.82, 2.24) is 4.57 Å². The number of esters is 1. The molecule has 104 valence electrons. The van der Waals surface area contributed by atoms with Gasteiger partial charge in [-0.05, 0) is 23.7 Å². The Labute approximate surface area is 118 Å². The van der Waals surface area contributed by atoms with E-state index in [-0.39, 0.29) is 11.3 Å². The van der Waals surface area contributed by atoms with E-state index >= 15 is 0 Å². The molecular formula is C13H10ClNO5. The third-order valence-corrected chi connectivity index (χ3v) is 2.63. The van der Waals surface area contributed by atoms with Crippen LogP contribution >= 0.6 is 11.6 Å². The van der Waals surface area contributed by atoms with Crippen LogP contribution < -0.4 is 4.74 Å². The summed E-state index contributed by atoms with van der Waals surface area (Å²) in [6.07, 6.45) is 0. The normalized spacial score (nSPS) is 10.2. The quantitative estimate of drug-likeness (QED) is 0.664. The molecule has 0 atom stereocenters. The van der Waals surface area contributed by atoms with Crippen molar-refractivity contribution in [2.75, 3.05) is 0 Å². The van der Waals surface area contributed by atoms with Gasteiger partial charge < -0.3 is 14.9 Å². The minimum atomic E-state index is -0.785. The van der Waals surface area contributed by atoms with Gasteiger partial charge in [0.05, 0.1) is 5.56 Å². The number of ether oxygens (including phenoxy) is 1. The van der Waals surface area contributed by atoms with Crippen molar-refractivity contribution in [3.63, 3.8) is 0 Å². The lowest BCUT2D eigenvalue weighted by atomic mass is 10.2. The maximum atomic E-state index is 11.8. The molecule has 2 aromatic rings. The Kier molecular flexibility index (Phi) is 3.95. The van der Waals surface area contributed by atoms with E-state index in [0.29, 0.717) is 0 Å². The second kappa shape index (κ2) is 5.66. The largest absolute Gasteiger partial charge is 0.494 e. The van der Waals surface area contributed by atoms with Gasteiger partial charge in [-0.25, -0.2) is 4.79 Å². The van der Waals surface area contributed by atoms with Crippen LogP contribution in [-0.4, -0.2) is 26.0 Å². The van der Waals surface area contributed by atoms with Crippen LogP contribution in [-0.2, 0) is 11.3 Å². The van der Waals surface area contributed by atoms with Crippen LogP contribution in [0.3, 0.4) is 0 Å². The first-order valence-electron chi connectivity index (χ1n) is 5.56.